The van der Waals surface area contributed by atoms with Gasteiger partial charge in [-0.1, -0.05) is 6.42 Å². The first kappa shape index (κ1) is 13.4. The lowest BCUT2D eigenvalue weighted by Crippen LogP contribution is -2.47. The lowest BCUT2D eigenvalue weighted by atomic mass is 9.78. The van der Waals surface area contributed by atoms with Crippen LogP contribution in [0.4, 0.5) is 0 Å². The molecule has 3 saturated carbocycles. The molecule has 3 heteroatoms. The van der Waals surface area contributed by atoms with Gasteiger partial charge in [0.05, 0.1) is 5.41 Å². The Kier molecular flexibility index (Phi) is 3.36. The summed E-state index contributed by atoms with van der Waals surface area (Å²) in [6, 6.07) is 0.674. The van der Waals surface area contributed by atoms with Gasteiger partial charge in [-0.25, -0.2) is 0 Å². The maximum Gasteiger partial charge on any atom is 0.226 e. The van der Waals surface area contributed by atoms with Crippen molar-refractivity contribution in [1.29, 1.82) is 0 Å². The van der Waals surface area contributed by atoms with Gasteiger partial charge in [0, 0.05) is 19.6 Å². The summed E-state index contributed by atoms with van der Waals surface area (Å²) in [5, 5.41) is 6.49. The highest BCUT2D eigenvalue weighted by atomic mass is 16.2. The van der Waals surface area contributed by atoms with Crippen molar-refractivity contribution in [3.63, 3.8) is 0 Å². The van der Waals surface area contributed by atoms with Gasteiger partial charge in [0.1, 0.15) is 0 Å². The molecule has 0 aromatic heterocycles. The predicted molar refractivity (Wildman–Crippen MR) is 76.7 cm³/mol. The topological polar surface area (TPSA) is 41.1 Å². The SMILES string of the molecule is CNC(=O)C(C)(C)CN[C@@H]1C[C@@H]2C[C@@H]1[C@@H]1CCC[C@@H]21. The second-order valence-electron chi connectivity index (χ2n) is 7.60. The van der Waals surface area contributed by atoms with Crippen molar-refractivity contribution < 1.29 is 4.79 Å². The number of nitrogens with one attached hydrogen (secondary N) is 2. The molecule has 3 aliphatic rings. The van der Waals surface area contributed by atoms with E-state index in [2.05, 4.69) is 10.6 Å². The lowest BCUT2D eigenvalue weighted by Gasteiger charge is -2.34. The van der Waals surface area contributed by atoms with Crippen molar-refractivity contribution in [1.82, 2.24) is 10.6 Å². The molecule has 3 fully saturated rings. The molecule has 0 aromatic carbocycles. The van der Waals surface area contributed by atoms with Gasteiger partial charge in [-0.15, -0.1) is 0 Å². The second kappa shape index (κ2) is 4.76. The van der Waals surface area contributed by atoms with Crippen LogP contribution in [0.2, 0.25) is 0 Å². The first-order valence-electron chi connectivity index (χ1n) is 7.98. The Morgan fingerprint density at radius 3 is 2.63 bits per heavy atom. The smallest absolute Gasteiger partial charge is 0.226 e. The third-order valence-corrected chi connectivity index (χ3v) is 6.08. The van der Waals surface area contributed by atoms with Crippen LogP contribution in [0.5, 0.6) is 0 Å². The van der Waals surface area contributed by atoms with Crippen molar-refractivity contribution in [2.24, 2.45) is 29.1 Å². The minimum Gasteiger partial charge on any atom is -0.359 e. The second-order valence-corrected chi connectivity index (χ2v) is 7.60. The van der Waals surface area contributed by atoms with Crippen molar-refractivity contribution in [2.75, 3.05) is 13.6 Å². The zero-order chi connectivity index (χ0) is 13.6. The zero-order valence-electron chi connectivity index (χ0n) is 12.5. The molecule has 0 saturated heterocycles. The van der Waals surface area contributed by atoms with E-state index in [4.69, 9.17) is 0 Å². The van der Waals surface area contributed by atoms with E-state index in [1.165, 1.54) is 32.1 Å². The third-order valence-electron chi connectivity index (χ3n) is 6.08. The van der Waals surface area contributed by atoms with Crippen LogP contribution in [0, 0.1) is 29.1 Å². The molecule has 0 unspecified atom stereocenters. The minimum absolute atomic E-state index is 0.141. The van der Waals surface area contributed by atoms with E-state index in [1.54, 1.807) is 7.05 Å². The number of carbonyl (C=O) groups excluding carboxylic acids is 1. The fraction of sp³-hybridized carbons (Fsp3) is 0.938. The van der Waals surface area contributed by atoms with Crippen LogP contribution in [0.1, 0.15) is 46.0 Å². The van der Waals surface area contributed by atoms with Crippen molar-refractivity contribution in [2.45, 2.75) is 52.0 Å². The quantitative estimate of drug-likeness (QED) is 0.817. The van der Waals surface area contributed by atoms with Crippen LogP contribution in [-0.4, -0.2) is 25.5 Å². The van der Waals surface area contributed by atoms with E-state index in [0.717, 1.165) is 30.2 Å². The molecule has 0 aliphatic heterocycles. The summed E-state index contributed by atoms with van der Waals surface area (Å²) in [4.78, 5) is 11.8. The fourth-order valence-corrected chi connectivity index (χ4v) is 5.11. The number of hydrogen-bond donors (Lipinski definition) is 2. The van der Waals surface area contributed by atoms with Gasteiger partial charge in [0.25, 0.3) is 0 Å². The number of hydrogen-bond acceptors (Lipinski definition) is 2. The van der Waals surface area contributed by atoms with E-state index in [9.17, 15) is 4.79 Å². The van der Waals surface area contributed by atoms with Gasteiger partial charge in [-0.2, -0.15) is 0 Å². The molecule has 0 heterocycles. The highest BCUT2D eigenvalue weighted by Crippen LogP contribution is 2.58. The molecule has 0 spiro atoms. The molecular weight excluding hydrogens is 236 g/mol. The molecule has 1 amide bonds. The van der Waals surface area contributed by atoms with E-state index in [-0.39, 0.29) is 11.3 Å². The fourth-order valence-electron chi connectivity index (χ4n) is 5.11. The van der Waals surface area contributed by atoms with E-state index in [0.29, 0.717) is 6.04 Å². The van der Waals surface area contributed by atoms with Crippen LogP contribution >= 0.6 is 0 Å². The lowest BCUT2D eigenvalue weighted by molar-refractivity contribution is -0.128. The highest BCUT2D eigenvalue weighted by molar-refractivity contribution is 5.81. The molecule has 19 heavy (non-hydrogen) atoms. The predicted octanol–water partition coefficient (Wildman–Crippen LogP) is 2.17. The standard InChI is InChI=1S/C16H28N2O/c1-16(2,15(19)17-3)9-18-14-8-10-7-13(14)12-6-4-5-11(10)12/h10-14,18H,4-9H2,1-3H3,(H,17,19)/t10-,11-,12+,13+,14+/m0/s1. The first-order chi connectivity index (χ1) is 9.03. The van der Waals surface area contributed by atoms with Crippen molar-refractivity contribution in [3.05, 3.63) is 0 Å². The van der Waals surface area contributed by atoms with Crippen LogP contribution in [0.3, 0.4) is 0 Å². The maximum absolute atomic E-state index is 11.8. The summed E-state index contributed by atoms with van der Waals surface area (Å²) in [6.07, 6.45) is 7.22. The molecule has 0 radical (unpaired) electrons. The Hall–Kier alpha value is -0.570. The number of amides is 1. The van der Waals surface area contributed by atoms with E-state index >= 15 is 0 Å². The average molecular weight is 264 g/mol. The minimum atomic E-state index is -0.300. The van der Waals surface area contributed by atoms with Crippen molar-refractivity contribution >= 4 is 5.91 Å². The summed E-state index contributed by atoms with van der Waals surface area (Å²) >= 11 is 0. The molecule has 2 N–H and O–H groups in total. The maximum atomic E-state index is 11.8. The number of fused-ring (bicyclic) bond motifs is 5. The summed E-state index contributed by atoms with van der Waals surface area (Å²) in [5.74, 6) is 4.08. The van der Waals surface area contributed by atoms with Crippen LogP contribution in [-0.2, 0) is 4.79 Å². The third kappa shape index (κ3) is 2.20. The van der Waals surface area contributed by atoms with Crippen LogP contribution in [0.25, 0.3) is 0 Å². The van der Waals surface area contributed by atoms with Gasteiger partial charge >= 0.3 is 0 Å². The summed E-state index contributed by atoms with van der Waals surface area (Å²) < 4.78 is 0. The molecule has 5 atom stereocenters. The van der Waals surface area contributed by atoms with Crippen LogP contribution in [0.15, 0.2) is 0 Å². The highest BCUT2D eigenvalue weighted by Gasteiger charge is 2.53. The molecule has 3 nitrogen and oxygen atoms in total. The summed E-state index contributed by atoms with van der Waals surface area (Å²) in [7, 11) is 1.73. The molecular formula is C16H28N2O. The molecule has 108 valence electrons. The monoisotopic (exact) mass is 264 g/mol. The Balaban J connectivity index is 1.56. The van der Waals surface area contributed by atoms with E-state index in [1.807, 2.05) is 13.8 Å². The van der Waals surface area contributed by atoms with Crippen LogP contribution < -0.4 is 10.6 Å². The average Bonchev–Trinajstić information content (AvgIpc) is 3.06. The molecule has 3 rings (SSSR count). The largest absolute Gasteiger partial charge is 0.359 e. The summed E-state index contributed by atoms with van der Waals surface area (Å²) in [5.41, 5.74) is -0.300. The molecule has 3 aliphatic carbocycles. The Bertz CT molecular complexity index is 366. The first-order valence-corrected chi connectivity index (χ1v) is 7.98. The Morgan fingerprint density at radius 1 is 1.16 bits per heavy atom. The normalized spacial score (nSPS) is 40.5. The van der Waals surface area contributed by atoms with E-state index < -0.39 is 0 Å². The van der Waals surface area contributed by atoms with Crippen molar-refractivity contribution in [3.8, 4) is 0 Å². The summed E-state index contributed by atoms with van der Waals surface area (Å²) in [6.45, 7) is 4.87. The number of rotatable bonds is 4. The Labute approximate surface area is 116 Å². The number of carbonyl (C=O) groups is 1. The zero-order valence-corrected chi connectivity index (χ0v) is 12.5. The molecule has 0 aromatic rings. The van der Waals surface area contributed by atoms with Gasteiger partial charge < -0.3 is 10.6 Å². The molecule has 2 bridgehead atoms. The van der Waals surface area contributed by atoms with Gasteiger partial charge in [-0.05, 0) is 63.2 Å². The van der Waals surface area contributed by atoms with Gasteiger partial charge in [0.15, 0.2) is 0 Å². The van der Waals surface area contributed by atoms with Gasteiger partial charge in [-0.3, -0.25) is 4.79 Å². The van der Waals surface area contributed by atoms with Gasteiger partial charge in [0.2, 0.25) is 5.91 Å². The Morgan fingerprint density at radius 2 is 1.89 bits per heavy atom.